The Labute approximate surface area is 96.4 Å². The Morgan fingerprint density at radius 3 is 2.53 bits per heavy atom. The molecule has 2 aromatic rings. The standard InChI is InChI=1S/C12H11FN2O2/c1-7-3-4-8(5-9(7)13)10-6-11(16)15(2)12(17)14-10/h3-6H,1-2H3,(H,14,17). The largest absolute Gasteiger partial charge is 0.328 e. The molecule has 0 saturated heterocycles. The summed E-state index contributed by atoms with van der Waals surface area (Å²) in [5.74, 6) is -0.371. The van der Waals surface area contributed by atoms with Crippen molar-refractivity contribution in [3.8, 4) is 11.3 Å². The number of aryl methyl sites for hydroxylation is 1. The zero-order chi connectivity index (χ0) is 12.6. The molecule has 0 saturated carbocycles. The van der Waals surface area contributed by atoms with Crippen LogP contribution < -0.4 is 11.2 Å². The lowest BCUT2D eigenvalue weighted by Gasteiger charge is -2.04. The molecule has 0 unspecified atom stereocenters. The van der Waals surface area contributed by atoms with Gasteiger partial charge in [0.1, 0.15) is 5.82 Å². The third-order valence-electron chi connectivity index (χ3n) is 2.63. The molecule has 0 fully saturated rings. The van der Waals surface area contributed by atoms with Crippen molar-refractivity contribution in [1.82, 2.24) is 9.55 Å². The minimum atomic E-state index is -0.520. The number of hydrogen-bond acceptors (Lipinski definition) is 2. The molecule has 5 heteroatoms. The number of nitrogens with zero attached hydrogens (tertiary/aromatic N) is 1. The van der Waals surface area contributed by atoms with E-state index in [-0.39, 0.29) is 5.82 Å². The Morgan fingerprint density at radius 1 is 1.24 bits per heavy atom. The van der Waals surface area contributed by atoms with Gasteiger partial charge in [-0.15, -0.1) is 0 Å². The van der Waals surface area contributed by atoms with Gasteiger partial charge in [0.25, 0.3) is 5.56 Å². The fourth-order valence-electron chi connectivity index (χ4n) is 1.47. The number of rotatable bonds is 1. The van der Waals surface area contributed by atoms with Crippen molar-refractivity contribution in [2.75, 3.05) is 0 Å². The number of aromatic amines is 1. The SMILES string of the molecule is Cc1ccc(-c2cc(=O)n(C)c(=O)[nH]2)cc1F. The van der Waals surface area contributed by atoms with Crippen LogP contribution in [0.1, 0.15) is 5.56 Å². The van der Waals surface area contributed by atoms with Gasteiger partial charge in [-0.25, -0.2) is 9.18 Å². The van der Waals surface area contributed by atoms with Gasteiger partial charge in [-0.2, -0.15) is 0 Å². The Morgan fingerprint density at radius 2 is 1.94 bits per heavy atom. The highest BCUT2D eigenvalue weighted by Gasteiger charge is 2.05. The molecule has 1 aromatic heterocycles. The van der Waals surface area contributed by atoms with Crippen molar-refractivity contribution in [2.45, 2.75) is 6.92 Å². The first-order chi connectivity index (χ1) is 7.99. The van der Waals surface area contributed by atoms with Gasteiger partial charge < -0.3 is 4.98 Å². The van der Waals surface area contributed by atoms with Gasteiger partial charge in [-0.1, -0.05) is 12.1 Å². The molecule has 0 atom stereocenters. The number of aromatic nitrogens is 2. The van der Waals surface area contributed by atoms with Crippen LogP contribution in [-0.2, 0) is 7.05 Å². The van der Waals surface area contributed by atoms with Crippen LogP contribution in [0.15, 0.2) is 33.9 Å². The molecule has 0 bridgehead atoms. The summed E-state index contributed by atoms with van der Waals surface area (Å²) in [5, 5.41) is 0. The molecule has 0 radical (unpaired) electrons. The van der Waals surface area contributed by atoms with Crippen molar-refractivity contribution in [3.05, 3.63) is 56.5 Å². The number of halogens is 1. The van der Waals surface area contributed by atoms with Gasteiger partial charge in [0.2, 0.25) is 0 Å². The summed E-state index contributed by atoms with van der Waals surface area (Å²) in [6, 6.07) is 5.81. The summed E-state index contributed by atoms with van der Waals surface area (Å²) >= 11 is 0. The lowest BCUT2D eigenvalue weighted by molar-refractivity contribution is 0.619. The minimum Gasteiger partial charge on any atom is -0.307 e. The first-order valence-electron chi connectivity index (χ1n) is 5.06. The van der Waals surface area contributed by atoms with Crippen molar-refractivity contribution in [2.24, 2.45) is 7.05 Å². The molecule has 4 nitrogen and oxygen atoms in total. The third kappa shape index (κ3) is 2.04. The van der Waals surface area contributed by atoms with Crippen molar-refractivity contribution < 1.29 is 4.39 Å². The minimum absolute atomic E-state index is 0.317. The number of hydrogen-bond donors (Lipinski definition) is 1. The van der Waals surface area contributed by atoms with E-state index in [1.807, 2.05) is 0 Å². The van der Waals surface area contributed by atoms with E-state index in [4.69, 9.17) is 0 Å². The molecule has 17 heavy (non-hydrogen) atoms. The molecular formula is C12H11FN2O2. The summed E-state index contributed by atoms with van der Waals surface area (Å²) in [6.45, 7) is 1.64. The Kier molecular flexibility index (Phi) is 2.67. The maximum Gasteiger partial charge on any atom is 0.328 e. The monoisotopic (exact) mass is 234 g/mol. The quantitative estimate of drug-likeness (QED) is 0.805. The zero-order valence-electron chi connectivity index (χ0n) is 9.45. The van der Waals surface area contributed by atoms with Gasteiger partial charge in [0, 0.05) is 18.7 Å². The van der Waals surface area contributed by atoms with Gasteiger partial charge in [-0.05, 0) is 18.6 Å². The Balaban J connectivity index is 2.65. The van der Waals surface area contributed by atoms with Crippen molar-refractivity contribution in [3.63, 3.8) is 0 Å². The molecule has 0 aliphatic carbocycles. The molecule has 0 spiro atoms. The first kappa shape index (κ1) is 11.3. The van der Waals surface area contributed by atoms with E-state index in [1.165, 1.54) is 19.2 Å². The van der Waals surface area contributed by atoms with Crippen LogP contribution in [0.25, 0.3) is 11.3 Å². The maximum absolute atomic E-state index is 13.4. The predicted octanol–water partition coefficient (Wildman–Crippen LogP) is 1.19. The Hall–Kier alpha value is -2.17. The van der Waals surface area contributed by atoms with Crippen molar-refractivity contribution in [1.29, 1.82) is 0 Å². The van der Waals surface area contributed by atoms with Crippen LogP contribution >= 0.6 is 0 Å². The highest BCUT2D eigenvalue weighted by atomic mass is 19.1. The zero-order valence-corrected chi connectivity index (χ0v) is 9.45. The normalized spacial score (nSPS) is 10.5. The summed E-state index contributed by atoms with van der Waals surface area (Å²) in [4.78, 5) is 25.4. The van der Waals surface area contributed by atoms with Gasteiger partial charge in [-0.3, -0.25) is 9.36 Å². The number of H-pyrrole nitrogens is 1. The lowest BCUT2D eigenvalue weighted by Crippen LogP contribution is -2.32. The molecule has 1 heterocycles. The first-order valence-corrected chi connectivity index (χ1v) is 5.06. The van der Waals surface area contributed by atoms with Crippen molar-refractivity contribution >= 4 is 0 Å². The molecule has 0 aliphatic rings. The van der Waals surface area contributed by atoms with Gasteiger partial charge in [0.05, 0.1) is 5.69 Å². The third-order valence-corrected chi connectivity index (χ3v) is 2.63. The van der Waals surface area contributed by atoms with Crippen LogP contribution in [0.2, 0.25) is 0 Å². The second-order valence-corrected chi connectivity index (χ2v) is 3.85. The average Bonchev–Trinajstić information content (AvgIpc) is 2.29. The predicted molar refractivity (Wildman–Crippen MR) is 62.4 cm³/mol. The molecule has 1 N–H and O–H groups in total. The summed E-state index contributed by atoms with van der Waals surface area (Å²) in [7, 11) is 1.38. The van der Waals surface area contributed by atoms with Crippen LogP contribution in [0.3, 0.4) is 0 Å². The van der Waals surface area contributed by atoms with E-state index in [0.717, 1.165) is 4.57 Å². The van der Waals surface area contributed by atoms with Crippen LogP contribution in [-0.4, -0.2) is 9.55 Å². The molecular weight excluding hydrogens is 223 g/mol. The average molecular weight is 234 g/mol. The molecule has 2 rings (SSSR count). The highest BCUT2D eigenvalue weighted by Crippen LogP contribution is 2.17. The molecule has 1 aromatic carbocycles. The van der Waals surface area contributed by atoms with E-state index < -0.39 is 11.2 Å². The van der Waals surface area contributed by atoms with Crippen LogP contribution in [0.5, 0.6) is 0 Å². The molecule has 0 aliphatic heterocycles. The summed E-state index contributed by atoms with van der Waals surface area (Å²) in [6.07, 6.45) is 0. The topological polar surface area (TPSA) is 54.9 Å². The summed E-state index contributed by atoms with van der Waals surface area (Å²) in [5.41, 5.74) is 0.359. The summed E-state index contributed by atoms with van der Waals surface area (Å²) < 4.78 is 14.3. The number of benzene rings is 1. The highest BCUT2D eigenvalue weighted by molar-refractivity contribution is 5.58. The van der Waals surface area contributed by atoms with Crippen LogP contribution in [0, 0.1) is 12.7 Å². The van der Waals surface area contributed by atoms with Gasteiger partial charge in [0.15, 0.2) is 0 Å². The number of nitrogens with one attached hydrogen (secondary N) is 1. The van der Waals surface area contributed by atoms with E-state index in [9.17, 15) is 14.0 Å². The fraction of sp³-hybridized carbons (Fsp3) is 0.167. The van der Waals surface area contributed by atoms with E-state index in [2.05, 4.69) is 4.98 Å². The lowest BCUT2D eigenvalue weighted by atomic mass is 10.1. The molecule has 88 valence electrons. The smallest absolute Gasteiger partial charge is 0.307 e. The second-order valence-electron chi connectivity index (χ2n) is 3.85. The second kappa shape index (κ2) is 4.01. The Bertz CT molecular complexity index is 654. The van der Waals surface area contributed by atoms with E-state index >= 15 is 0 Å². The van der Waals surface area contributed by atoms with Gasteiger partial charge >= 0.3 is 5.69 Å². The fourth-order valence-corrected chi connectivity index (χ4v) is 1.47. The van der Waals surface area contributed by atoms with E-state index in [1.54, 1.807) is 19.1 Å². The maximum atomic E-state index is 13.4. The molecule has 0 amide bonds. The van der Waals surface area contributed by atoms with E-state index in [0.29, 0.717) is 16.8 Å². The van der Waals surface area contributed by atoms with Crippen LogP contribution in [0.4, 0.5) is 4.39 Å².